The van der Waals surface area contributed by atoms with Gasteiger partial charge in [0.25, 0.3) is 0 Å². The molecule has 0 aromatic carbocycles. The summed E-state index contributed by atoms with van der Waals surface area (Å²) in [6.45, 7) is 4.40. The molecule has 1 saturated carbocycles. The summed E-state index contributed by atoms with van der Waals surface area (Å²) in [6, 6.07) is 2.00. The van der Waals surface area contributed by atoms with Crippen LogP contribution in [-0.4, -0.2) is 15.5 Å². The second-order valence-corrected chi connectivity index (χ2v) is 4.34. The first kappa shape index (κ1) is 9.91. The third-order valence-corrected chi connectivity index (χ3v) is 3.04. The molecular formula is C11H14N4. The molecule has 0 aliphatic heterocycles. The van der Waals surface area contributed by atoms with E-state index >= 15 is 0 Å². The highest BCUT2D eigenvalue weighted by molar-refractivity contribution is 5.36. The van der Waals surface area contributed by atoms with Crippen LogP contribution in [-0.2, 0) is 0 Å². The lowest BCUT2D eigenvalue weighted by Crippen LogP contribution is -2.28. The first-order chi connectivity index (χ1) is 7.16. The van der Waals surface area contributed by atoms with Crippen LogP contribution in [0.3, 0.4) is 0 Å². The summed E-state index contributed by atoms with van der Waals surface area (Å²) in [5.74, 6) is 1.21. The molecule has 0 spiro atoms. The summed E-state index contributed by atoms with van der Waals surface area (Å²) >= 11 is 0. The van der Waals surface area contributed by atoms with Crippen molar-refractivity contribution < 1.29 is 0 Å². The Kier molecular flexibility index (Phi) is 2.31. The molecule has 4 heteroatoms. The second kappa shape index (κ2) is 3.50. The molecule has 0 saturated heterocycles. The molecule has 1 aliphatic rings. The molecule has 1 aromatic rings. The van der Waals surface area contributed by atoms with Crippen LogP contribution in [0.15, 0.2) is 12.4 Å². The molecule has 1 heterocycles. The summed E-state index contributed by atoms with van der Waals surface area (Å²) in [7, 11) is 0. The van der Waals surface area contributed by atoms with Crippen molar-refractivity contribution in [3.8, 4) is 6.07 Å². The summed E-state index contributed by atoms with van der Waals surface area (Å²) < 4.78 is 0. The average molecular weight is 202 g/mol. The Bertz CT molecular complexity index is 384. The van der Waals surface area contributed by atoms with Gasteiger partial charge < -0.3 is 5.32 Å². The number of nitriles is 1. The van der Waals surface area contributed by atoms with Gasteiger partial charge in [-0.2, -0.15) is 5.26 Å². The lowest BCUT2D eigenvalue weighted by molar-refractivity contribution is 0.508. The molecule has 0 atom stereocenters. The summed E-state index contributed by atoms with van der Waals surface area (Å²) in [5, 5.41) is 12.0. The molecular weight excluding hydrogens is 188 g/mol. The zero-order valence-corrected chi connectivity index (χ0v) is 8.99. The lowest BCUT2D eigenvalue weighted by atomic mass is 10.0. The fourth-order valence-corrected chi connectivity index (χ4v) is 1.65. The monoisotopic (exact) mass is 202 g/mol. The van der Waals surface area contributed by atoms with Crippen molar-refractivity contribution in [3.63, 3.8) is 0 Å². The minimum Gasteiger partial charge on any atom is -0.349 e. The molecule has 15 heavy (non-hydrogen) atoms. The first-order valence-corrected chi connectivity index (χ1v) is 5.17. The first-order valence-electron chi connectivity index (χ1n) is 5.17. The Balaban J connectivity index is 2.09. The normalized spacial score (nSPS) is 17.2. The van der Waals surface area contributed by atoms with Crippen LogP contribution in [0.5, 0.6) is 0 Å². The van der Waals surface area contributed by atoms with Crippen LogP contribution in [0, 0.1) is 17.2 Å². The molecule has 78 valence electrons. The molecule has 4 nitrogen and oxygen atoms in total. The van der Waals surface area contributed by atoms with Crippen molar-refractivity contribution in [2.75, 3.05) is 5.32 Å². The van der Waals surface area contributed by atoms with Gasteiger partial charge in [0.2, 0.25) is 5.95 Å². The van der Waals surface area contributed by atoms with Gasteiger partial charge in [0.05, 0.1) is 18.0 Å². The number of nitrogens with one attached hydrogen (secondary N) is 1. The SMILES string of the molecule is CC(C)C1(Nc2ncc(C#N)cn2)CC1. The Morgan fingerprint density at radius 3 is 2.40 bits per heavy atom. The predicted molar refractivity (Wildman–Crippen MR) is 57.2 cm³/mol. The number of hydrogen-bond acceptors (Lipinski definition) is 4. The smallest absolute Gasteiger partial charge is 0.223 e. The van der Waals surface area contributed by atoms with Gasteiger partial charge in [0.1, 0.15) is 6.07 Å². The predicted octanol–water partition coefficient (Wildman–Crippen LogP) is 1.95. The molecule has 0 radical (unpaired) electrons. The van der Waals surface area contributed by atoms with Crippen molar-refractivity contribution in [2.24, 2.45) is 5.92 Å². The van der Waals surface area contributed by atoms with Crippen LogP contribution in [0.4, 0.5) is 5.95 Å². The van der Waals surface area contributed by atoms with Crippen LogP contribution in [0.2, 0.25) is 0 Å². The molecule has 1 fully saturated rings. The van der Waals surface area contributed by atoms with Gasteiger partial charge in [0, 0.05) is 5.54 Å². The summed E-state index contributed by atoms with van der Waals surface area (Å²) in [5.41, 5.74) is 0.684. The maximum absolute atomic E-state index is 8.61. The van der Waals surface area contributed by atoms with Gasteiger partial charge in [-0.25, -0.2) is 9.97 Å². The van der Waals surface area contributed by atoms with Crippen molar-refractivity contribution in [2.45, 2.75) is 32.2 Å². The Labute approximate surface area is 89.4 Å². The minimum absolute atomic E-state index is 0.189. The van der Waals surface area contributed by atoms with E-state index in [4.69, 9.17) is 5.26 Å². The Hall–Kier alpha value is -1.63. The van der Waals surface area contributed by atoms with Gasteiger partial charge in [-0.1, -0.05) is 13.8 Å². The maximum atomic E-state index is 8.61. The summed E-state index contributed by atoms with van der Waals surface area (Å²) in [4.78, 5) is 8.22. The van der Waals surface area contributed by atoms with E-state index in [1.54, 1.807) is 12.4 Å². The molecule has 1 N–H and O–H groups in total. The van der Waals surface area contributed by atoms with Crippen molar-refractivity contribution in [1.82, 2.24) is 9.97 Å². The van der Waals surface area contributed by atoms with E-state index in [-0.39, 0.29) is 5.54 Å². The van der Waals surface area contributed by atoms with E-state index in [0.717, 1.165) is 0 Å². The van der Waals surface area contributed by atoms with E-state index in [9.17, 15) is 0 Å². The van der Waals surface area contributed by atoms with E-state index in [1.165, 1.54) is 12.8 Å². The topological polar surface area (TPSA) is 61.6 Å². The highest BCUT2D eigenvalue weighted by Gasteiger charge is 2.45. The highest BCUT2D eigenvalue weighted by Crippen LogP contribution is 2.44. The number of aromatic nitrogens is 2. The van der Waals surface area contributed by atoms with Crippen LogP contribution in [0.25, 0.3) is 0 Å². The van der Waals surface area contributed by atoms with Gasteiger partial charge in [-0.05, 0) is 18.8 Å². The lowest BCUT2D eigenvalue weighted by Gasteiger charge is -2.20. The molecule has 1 aromatic heterocycles. The molecule has 0 bridgehead atoms. The van der Waals surface area contributed by atoms with Crippen LogP contribution < -0.4 is 5.32 Å². The molecule has 1 aliphatic carbocycles. The zero-order valence-electron chi connectivity index (χ0n) is 8.99. The van der Waals surface area contributed by atoms with Crippen molar-refractivity contribution >= 4 is 5.95 Å². The quantitative estimate of drug-likeness (QED) is 0.813. The second-order valence-electron chi connectivity index (χ2n) is 4.34. The standard InChI is InChI=1S/C11H14N4/c1-8(2)11(3-4-11)15-10-13-6-9(5-12)7-14-10/h6-8H,3-4H2,1-2H3,(H,13,14,15). The zero-order chi connectivity index (χ0) is 10.9. The third kappa shape index (κ3) is 1.91. The molecule has 0 amide bonds. The van der Waals surface area contributed by atoms with Gasteiger partial charge >= 0.3 is 0 Å². The van der Waals surface area contributed by atoms with Gasteiger partial charge in [-0.3, -0.25) is 0 Å². The largest absolute Gasteiger partial charge is 0.349 e. The Morgan fingerprint density at radius 1 is 1.40 bits per heavy atom. The third-order valence-electron chi connectivity index (χ3n) is 3.04. The number of rotatable bonds is 3. The number of nitrogens with zero attached hydrogens (tertiary/aromatic N) is 3. The minimum atomic E-state index is 0.189. The Morgan fingerprint density at radius 2 is 2.00 bits per heavy atom. The number of hydrogen-bond donors (Lipinski definition) is 1. The van der Waals surface area contributed by atoms with E-state index < -0.39 is 0 Å². The van der Waals surface area contributed by atoms with Crippen molar-refractivity contribution in [3.05, 3.63) is 18.0 Å². The fraction of sp³-hybridized carbons (Fsp3) is 0.545. The molecule has 2 rings (SSSR count). The van der Waals surface area contributed by atoms with Gasteiger partial charge in [-0.15, -0.1) is 0 Å². The summed E-state index contributed by atoms with van der Waals surface area (Å²) in [6.07, 6.45) is 5.44. The van der Waals surface area contributed by atoms with Crippen LogP contribution >= 0.6 is 0 Å². The maximum Gasteiger partial charge on any atom is 0.223 e. The molecule has 0 unspecified atom stereocenters. The average Bonchev–Trinajstić information content (AvgIpc) is 3.00. The fourth-order valence-electron chi connectivity index (χ4n) is 1.65. The van der Waals surface area contributed by atoms with Crippen molar-refractivity contribution in [1.29, 1.82) is 5.26 Å². The van der Waals surface area contributed by atoms with E-state index in [2.05, 4.69) is 29.1 Å². The van der Waals surface area contributed by atoms with E-state index in [0.29, 0.717) is 17.4 Å². The highest BCUT2D eigenvalue weighted by atomic mass is 15.2. The van der Waals surface area contributed by atoms with E-state index in [1.807, 2.05) is 6.07 Å². The van der Waals surface area contributed by atoms with Gasteiger partial charge in [0.15, 0.2) is 0 Å². The van der Waals surface area contributed by atoms with Crippen LogP contribution in [0.1, 0.15) is 32.3 Å². The number of anilines is 1.